The highest BCUT2D eigenvalue weighted by Gasteiger charge is 2.31. The normalized spacial score (nSPS) is 13.3. The number of nitrogens with zero attached hydrogens (tertiary/aromatic N) is 1. The van der Waals surface area contributed by atoms with Gasteiger partial charge in [0.05, 0.1) is 17.7 Å². The zero-order valence-corrected chi connectivity index (χ0v) is 19.0. The highest BCUT2D eigenvalue weighted by molar-refractivity contribution is 5.99. The molecule has 8 heteroatoms. The van der Waals surface area contributed by atoms with Crippen molar-refractivity contribution in [1.29, 1.82) is 5.41 Å². The average molecular weight is 467 g/mol. The Kier molecular flexibility index (Phi) is 5.95. The van der Waals surface area contributed by atoms with Crippen molar-refractivity contribution in [3.63, 3.8) is 0 Å². The minimum absolute atomic E-state index is 0.0639. The van der Waals surface area contributed by atoms with E-state index in [1.165, 1.54) is 17.0 Å². The molecule has 176 valence electrons. The van der Waals surface area contributed by atoms with Crippen LogP contribution in [-0.4, -0.2) is 29.2 Å². The number of rotatable bonds is 6. The van der Waals surface area contributed by atoms with Gasteiger partial charge in [0.25, 0.3) is 5.91 Å². The third kappa shape index (κ3) is 3.94. The van der Waals surface area contributed by atoms with E-state index >= 15 is 8.78 Å². The van der Waals surface area contributed by atoms with Gasteiger partial charge in [0.15, 0.2) is 0 Å². The number of hydrogen-bond donors (Lipinski definition) is 3. The number of aliphatic hydroxyl groups is 1. The molecule has 0 unspecified atom stereocenters. The first-order valence-corrected chi connectivity index (χ1v) is 10.7. The van der Waals surface area contributed by atoms with E-state index in [0.717, 1.165) is 18.3 Å². The number of nitrogens with one attached hydrogen (secondary N) is 2. The Labute approximate surface area is 195 Å². The zero-order chi connectivity index (χ0) is 24.8. The lowest BCUT2D eigenvalue weighted by atomic mass is 9.89. The lowest BCUT2D eigenvalue weighted by Crippen LogP contribution is -2.25. The number of carbonyl (C=O) groups is 1. The van der Waals surface area contributed by atoms with Crippen LogP contribution >= 0.6 is 0 Å². The van der Waals surface area contributed by atoms with E-state index in [9.17, 15) is 14.3 Å². The SMILES string of the molecule is CNc1c(C(C)(C)O)ccc(-c2cc(F)c(CN3Cc4cccc(F)c4C3=O)c(F)c2)c1C=N. The molecular weight excluding hydrogens is 443 g/mol. The van der Waals surface area contributed by atoms with Gasteiger partial charge in [-0.2, -0.15) is 0 Å². The first kappa shape index (κ1) is 23.5. The number of benzene rings is 3. The Morgan fingerprint density at radius 2 is 1.79 bits per heavy atom. The van der Waals surface area contributed by atoms with Gasteiger partial charge in [0.1, 0.15) is 17.5 Å². The van der Waals surface area contributed by atoms with E-state index in [0.29, 0.717) is 27.9 Å². The summed E-state index contributed by atoms with van der Waals surface area (Å²) in [4.78, 5) is 13.8. The molecule has 0 saturated heterocycles. The molecule has 0 saturated carbocycles. The maximum atomic E-state index is 15.1. The minimum Gasteiger partial charge on any atom is -0.387 e. The van der Waals surface area contributed by atoms with Crippen molar-refractivity contribution in [3.8, 4) is 11.1 Å². The summed E-state index contributed by atoms with van der Waals surface area (Å²) < 4.78 is 44.3. The number of halogens is 3. The Balaban J connectivity index is 1.71. The van der Waals surface area contributed by atoms with Crippen LogP contribution in [-0.2, 0) is 18.7 Å². The number of hydrogen-bond acceptors (Lipinski definition) is 4. The molecule has 0 fully saturated rings. The third-order valence-corrected chi connectivity index (χ3v) is 6.06. The molecule has 4 rings (SSSR count). The summed E-state index contributed by atoms with van der Waals surface area (Å²) >= 11 is 0. The summed E-state index contributed by atoms with van der Waals surface area (Å²) in [6.45, 7) is 2.93. The van der Waals surface area contributed by atoms with Crippen molar-refractivity contribution in [2.24, 2.45) is 0 Å². The zero-order valence-electron chi connectivity index (χ0n) is 19.0. The van der Waals surface area contributed by atoms with Gasteiger partial charge in [-0.25, -0.2) is 13.2 Å². The molecule has 1 heterocycles. The van der Waals surface area contributed by atoms with Crippen LogP contribution in [0, 0.1) is 22.9 Å². The van der Waals surface area contributed by atoms with Crippen LogP contribution in [0.5, 0.6) is 0 Å². The largest absolute Gasteiger partial charge is 0.387 e. The van der Waals surface area contributed by atoms with Gasteiger partial charge >= 0.3 is 0 Å². The van der Waals surface area contributed by atoms with Crippen molar-refractivity contribution in [2.75, 3.05) is 12.4 Å². The maximum absolute atomic E-state index is 15.1. The van der Waals surface area contributed by atoms with Gasteiger partial charge in [-0.05, 0) is 48.7 Å². The Hall–Kier alpha value is -3.65. The minimum atomic E-state index is -1.20. The van der Waals surface area contributed by atoms with Gasteiger partial charge < -0.3 is 20.7 Å². The van der Waals surface area contributed by atoms with E-state index in [2.05, 4.69) is 5.32 Å². The summed E-state index contributed by atoms with van der Waals surface area (Å²) in [5.74, 6) is -2.97. The van der Waals surface area contributed by atoms with Crippen LogP contribution in [0.15, 0.2) is 42.5 Å². The molecule has 1 aliphatic heterocycles. The first-order valence-electron chi connectivity index (χ1n) is 10.7. The molecule has 0 atom stereocenters. The fraction of sp³-hybridized carbons (Fsp3) is 0.231. The lowest BCUT2D eigenvalue weighted by molar-refractivity contribution is 0.0759. The van der Waals surface area contributed by atoms with E-state index in [1.54, 1.807) is 39.1 Å². The quantitative estimate of drug-likeness (QED) is 0.437. The second kappa shape index (κ2) is 8.61. The number of amides is 1. The molecule has 5 nitrogen and oxygen atoms in total. The third-order valence-electron chi connectivity index (χ3n) is 6.06. The topological polar surface area (TPSA) is 76.4 Å². The fourth-order valence-electron chi connectivity index (χ4n) is 4.40. The van der Waals surface area contributed by atoms with Crippen LogP contribution in [0.4, 0.5) is 18.9 Å². The van der Waals surface area contributed by atoms with E-state index in [4.69, 9.17) is 5.41 Å². The predicted molar refractivity (Wildman–Crippen MR) is 124 cm³/mol. The van der Waals surface area contributed by atoms with E-state index in [-0.39, 0.29) is 29.8 Å². The van der Waals surface area contributed by atoms with Gasteiger partial charge in [-0.1, -0.05) is 24.3 Å². The van der Waals surface area contributed by atoms with Crippen LogP contribution in [0.2, 0.25) is 0 Å². The average Bonchev–Trinajstić information content (AvgIpc) is 3.10. The van der Waals surface area contributed by atoms with E-state index in [1.807, 2.05) is 0 Å². The molecule has 1 amide bonds. The van der Waals surface area contributed by atoms with Crippen LogP contribution < -0.4 is 5.32 Å². The molecule has 0 spiro atoms. The molecule has 34 heavy (non-hydrogen) atoms. The maximum Gasteiger partial charge on any atom is 0.257 e. The molecule has 0 aliphatic carbocycles. The Morgan fingerprint density at radius 3 is 2.35 bits per heavy atom. The molecule has 1 aliphatic rings. The molecule has 0 aromatic heterocycles. The number of anilines is 1. The Bertz CT molecular complexity index is 1290. The molecule has 3 N–H and O–H groups in total. The van der Waals surface area contributed by atoms with Crippen molar-refractivity contribution < 1.29 is 23.1 Å². The standard InChI is InChI=1S/C26H24F3N3O2/c1-26(2,34)19-8-7-16(17(11-30)24(19)31-3)15-9-21(28)18(22(29)10-15)13-32-12-14-5-4-6-20(27)23(14)25(32)33/h4-11,30-31,34H,12-13H2,1-3H3. The Morgan fingerprint density at radius 1 is 1.12 bits per heavy atom. The lowest BCUT2D eigenvalue weighted by Gasteiger charge is -2.24. The van der Waals surface area contributed by atoms with Gasteiger partial charge in [0, 0.05) is 42.2 Å². The number of fused-ring (bicyclic) bond motifs is 1. The summed E-state index contributed by atoms with van der Waals surface area (Å²) in [5.41, 5.74) is 0.904. The highest BCUT2D eigenvalue weighted by Crippen LogP contribution is 2.37. The first-order chi connectivity index (χ1) is 16.1. The van der Waals surface area contributed by atoms with Crippen molar-refractivity contribution in [1.82, 2.24) is 4.90 Å². The number of carbonyl (C=O) groups excluding carboxylic acids is 1. The highest BCUT2D eigenvalue weighted by atomic mass is 19.1. The second-order valence-electron chi connectivity index (χ2n) is 8.76. The van der Waals surface area contributed by atoms with Gasteiger partial charge in [-0.15, -0.1) is 0 Å². The second-order valence-corrected chi connectivity index (χ2v) is 8.76. The molecular formula is C26H24F3N3O2. The predicted octanol–water partition coefficient (Wildman–Crippen LogP) is 5.19. The fourth-order valence-corrected chi connectivity index (χ4v) is 4.40. The van der Waals surface area contributed by atoms with Gasteiger partial charge in [0.2, 0.25) is 0 Å². The van der Waals surface area contributed by atoms with Crippen LogP contribution in [0.1, 0.15) is 46.5 Å². The van der Waals surface area contributed by atoms with Crippen molar-refractivity contribution in [3.05, 3.63) is 87.7 Å². The summed E-state index contributed by atoms with van der Waals surface area (Å²) in [6, 6.07) is 9.83. The summed E-state index contributed by atoms with van der Waals surface area (Å²) in [6.07, 6.45) is 1.06. The van der Waals surface area contributed by atoms with Crippen LogP contribution in [0.3, 0.4) is 0 Å². The molecule has 3 aromatic carbocycles. The smallest absolute Gasteiger partial charge is 0.257 e. The van der Waals surface area contributed by atoms with Gasteiger partial charge in [-0.3, -0.25) is 4.79 Å². The summed E-state index contributed by atoms with van der Waals surface area (Å²) in [5, 5.41) is 21.3. The molecule has 0 radical (unpaired) electrons. The monoisotopic (exact) mass is 467 g/mol. The van der Waals surface area contributed by atoms with Crippen LogP contribution in [0.25, 0.3) is 11.1 Å². The van der Waals surface area contributed by atoms with E-state index < -0.39 is 29.0 Å². The van der Waals surface area contributed by atoms with Crippen molar-refractivity contribution in [2.45, 2.75) is 32.5 Å². The summed E-state index contributed by atoms with van der Waals surface area (Å²) in [7, 11) is 1.64. The molecule has 0 bridgehead atoms. The molecule has 3 aromatic rings. The van der Waals surface area contributed by atoms with Crippen molar-refractivity contribution >= 4 is 17.8 Å².